The fourth-order valence-electron chi connectivity index (χ4n) is 2.19. The molecule has 0 saturated carbocycles. The zero-order chi connectivity index (χ0) is 18.4. The second-order valence-corrected chi connectivity index (χ2v) is 6.69. The van der Waals surface area contributed by atoms with Crippen LogP contribution in [0.25, 0.3) is 0 Å². The minimum atomic E-state index is -0.305. The van der Waals surface area contributed by atoms with E-state index in [1.165, 1.54) is 0 Å². The van der Waals surface area contributed by atoms with Gasteiger partial charge >= 0.3 is 0 Å². The summed E-state index contributed by atoms with van der Waals surface area (Å²) in [6, 6.07) is 13.8. The predicted molar refractivity (Wildman–Crippen MR) is 99.2 cm³/mol. The second kappa shape index (κ2) is 7.83. The Hall–Kier alpha value is -2.82. The molecule has 0 saturated heterocycles. The number of nitrogens with one attached hydrogen (secondary N) is 2. The highest BCUT2D eigenvalue weighted by molar-refractivity contribution is 6.05. The number of carbonyl (C=O) groups excluding carboxylic acids is 2. The lowest BCUT2D eigenvalue weighted by Gasteiger charge is -2.20. The lowest BCUT2D eigenvalue weighted by Crippen LogP contribution is -2.40. The molecule has 25 heavy (non-hydrogen) atoms. The van der Waals surface area contributed by atoms with Crippen LogP contribution in [0.2, 0.25) is 0 Å². The van der Waals surface area contributed by atoms with Gasteiger partial charge in [-0.2, -0.15) is 0 Å². The van der Waals surface area contributed by atoms with Crippen molar-refractivity contribution in [3.63, 3.8) is 0 Å². The number of hydrogen-bond acceptors (Lipinski definition) is 3. The average Bonchev–Trinajstić information content (AvgIpc) is 2.55. The summed E-state index contributed by atoms with van der Waals surface area (Å²) >= 11 is 0. The summed E-state index contributed by atoms with van der Waals surface area (Å²) in [5.41, 5.74) is 1.39. The normalized spacial score (nSPS) is 10.9. The molecule has 5 nitrogen and oxygen atoms in total. The van der Waals surface area contributed by atoms with Crippen molar-refractivity contribution in [1.29, 1.82) is 0 Å². The zero-order valence-electron chi connectivity index (χ0n) is 15.1. The first-order valence-electron chi connectivity index (χ1n) is 8.25. The highest BCUT2D eigenvalue weighted by Gasteiger charge is 2.15. The lowest BCUT2D eigenvalue weighted by molar-refractivity contribution is 0.0918. The van der Waals surface area contributed by atoms with Crippen molar-refractivity contribution < 1.29 is 14.3 Å². The van der Waals surface area contributed by atoms with Crippen LogP contribution in [0.1, 0.15) is 48.4 Å². The molecule has 2 rings (SSSR count). The van der Waals surface area contributed by atoms with E-state index in [-0.39, 0.29) is 17.4 Å². The summed E-state index contributed by atoms with van der Waals surface area (Å²) in [5.74, 6) is 0.368. The average molecular weight is 340 g/mol. The van der Waals surface area contributed by atoms with Gasteiger partial charge in [-0.05, 0) is 76.2 Å². The van der Waals surface area contributed by atoms with Gasteiger partial charge in [0, 0.05) is 22.4 Å². The van der Waals surface area contributed by atoms with Crippen molar-refractivity contribution in [3.8, 4) is 5.75 Å². The first-order chi connectivity index (χ1) is 11.8. The molecule has 2 amide bonds. The Kier molecular flexibility index (Phi) is 5.80. The van der Waals surface area contributed by atoms with Crippen LogP contribution in [0.15, 0.2) is 48.5 Å². The first kappa shape index (κ1) is 18.5. The maximum absolute atomic E-state index is 12.3. The molecule has 0 aliphatic rings. The van der Waals surface area contributed by atoms with Crippen molar-refractivity contribution in [1.82, 2.24) is 5.32 Å². The van der Waals surface area contributed by atoms with Gasteiger partial charge in [-0.25, -0.2) is 0 Å². The molecular formula is C20H24N2O3. The Morgan fingerprint density at radius 2 is 1.40 bits per heavy atom. The summed E-state index contributed by atoms with van der Waals surface area (Å²) in [6.45, 7) is 8.28. The third-order valence-corrected chi connectivity index (χ3v) is 3.32. The van der Waals surface area contributed by atoms with Crippen LogP contribution in [0.5, 0.6) is 5.75 Å². The monoisotopic (exact) mass is 340 g/mol. The highest BCUT2D eigenvalue weighted by Crippen LogP contribution is 2.16. The fourth-order valence-corrected chi connectivity index (χ4v) is 2.19. The van der Waals surface area contributed by atoms with E-state index in [4.69, 9.17) is 4.74 Å². The molecule has 0 aliphatic carbocycles. The Morgan fingerprint density at radius 3 is 1.88 bits per heavy atom. The van der Waals surface area contributed by atoms with E-state index in [1.54, 1.807) is 48.5 Å². The van der Waals surface area contributed by atoms with E-state index in [0.29, 0.717) is 23.4 Å². The van der Waals surface area contributed by atoms with Crippen LogP contribution in [0.3, 0.4) is 0 Å². The van der Waals surface area contributed by atoms with E-state index in [9.17, 15) is 9.59 Å². The Morgan fingerprint density at radius 1 is 0.880 bits per heavy atom. The number of amides is 2. The van der Waals surface area contributed by atoms with Gasteiger partial charge in [0.05, 0.1) is 6.61 Å². The van der Waals surface area contributed by atoms with Crippen LogP contribution < -0.4 is 15.4 Å². The molecule has 2 aromatic carbocycles. The van der Waals surface area contributed by atoms with E-state index < -0.39 is 0 Å². The molecule has 0 heterocycles. The SMILES string of the molecule is CCOc1ccc(NC(=O)c2ccc(C(=O)NC(C)(C)C)cc2)cc1. The van der Waals surface area contributed by atoms with Crippen LogP contribution in [0, 0.1) is 0 Å². The molecule has 0 unspecified atom stereocenters. The molecule has 0 bridgehead atoms. The maximum Gasteiger partial charge on any atom is 0.255 e. The molecular weight excluding hydrogens is 316 g/mol. The standard InChI is InChI=1S/C20H24N2O3/c1-5-25-17-12-10-16(11-13-17)21-18(23)14-6-8-15(9-7-14)19(24)22-20(2,3)4/h6-13H,5H2,1-4H3,(H,21,23)(H,22,24). The smallest absolute Gasteiger partial charge is 0.255 e. The molecule has 132 valence electrons. The summed E-state index contributed by atoms with van der Waals surface area (Å²) in [5, 5.41) is 5.71. The predicted octanol–water partition coefficient (Wildman–Crippen LogP) is 3.87. The molecule has 0 aromatic heterocycles. The molecule has 0 fully saturated rings. The minimum absolute atomic E-state index is 0.161. The number of rotatable bonds is 5. The maximum atomic E-state index is 12.3. The minimum Gasteiger partial charge on any atom is -0.494 e. The molecule has 2 aromatic rings. The summed E-state index contributed by atoms with van der Waals surface area (Å²) < 4.78 is 5.37. The van der Waals surface area contributed by atoms with Gasteiger partial charge in [-0.3, -0.25) is 9.59 Å². The Labute approximate surface area is 148 Å². The van der Waals surface area contributed by atoms with Gasteiger partial charge in [0.2, 0.25) is 0 Å². The lowest BCUT2D eigenvalue weighted by atomic mass is 10.1. The van der Waals surface area contributed by atoms with Crippen LogP contribution in [0.4, 0.5) is 5.69 Å². The van der Waals surface area contributed by atoms with Crippen molar-refractivity contribution in [2.24, 2.45) is 0 Å². The third kappa shape index (κ3) is 5.64. The molecule has 5 heteroatoms. The summed E-state index contributed by atoms with van der Waals surface area (Å²) in [6.07, 6.45) is 0. The first-order valence-corrected chi connectivity index (χ1v) is 8.25. The number of benzene rings is 2. The zero-order valence-corrected chi connectivity index (χ0v) is 15.1. The van der Waals surface area contributed by atoms with Crippen LogP contribution in [-0.4, -0.2) is 24.0 Å². The van der Waals surface area contributed by atoms with Crippen LogP contribution >= 0.6 is 0 Å². The second-order valence-electron chi connectivity index (χ2n) is 6.69. The van der Waals surface area contributed by atoms with Gasteiger partial charge in [0.15, 0.2) is 0 Å². The molecule has 2 N–H and O–H groups in total. The van der Waals surface area contributed by atoms with Gasteiger partial charge < -0.3 is 15.4 Å². The van der Waals surface area contributed by atoms with Gasteiger partial charge in [0.25, 0.3) is 11.8 Å². The van der Waals surface area contributed by atoms with E-state index in [0.717, 1.165) is 5.75 Å². The molecule has 0 radical (unpaired) electrons. The molecule has 0 aliphatic heterocycles. The Balaban J connectivity index is 2.01. The summed E-state index contributed by atoms with van der Waals surface area (Å²) in [4.78, 5) is 24.4. The highest BCUT2D eigenvalue weighted by atomic mass is 16.5. The van der Waals surface area contributed by atoms with Gasteiger partial charge in [0.1, 0.15) is 5.75 Å². The number of anilines is 1. The van der Waals surface area contributed by atoms with Gasteiger partial charge in [-0.15, -0.1) is 0 Å². The quantitative estimate of drug-likeness (QED) is 0.868. The van der Waals surface area contributed by atoms with E-state index in [2.05, 4.69) is 10.6 Å². The van der Waals surface area contributed by atoms with Crippen molar-refractivity contribution in [2.75, 3.05) is 11.9 Å². The number of carbonyl (C=O) groups is 2. The molecule has 0 atom stereocenters. The largest absolute Gasteiger partial charge is 0.494 e. The molecule has 0 spiro atoms. The number of ether oxygens (including phenoxy) is 1. The van der Waals surface area contributed by atoms with Crippen molar-refractivity contribution in [3.05, 3.63) is 59.7 Å². The third-order valence-electron chi connectivity index (χ3n) is 3.32. The topological polar surface area (TPSA) is 67.4 Å². The van der Waals surface area contributed by atoms with E-state index in [1.807, 2.05) is 27.7 Å². The van der Waals surface area contributed by atoms with E-state index >= 15 is 0 Å². The number of hydrogen-bond donors (Lipinski definition) is 2. The fraction of sp³-hybridized carbons (Fsp3) is 0.300. The summed E-state index contributed by atoms with van der Waals surface area (Å²) in [7, 11) is 0. The Bertz CT molecular complexity index is 729. The van der Waals surface area contributed by atoms with Crippen LogP contribution in [-0.2, 0) is 0 Å². The van der Waals surface area contributed by atoms with Gasteiger partial charge in [-0.1, -0.05) is 0 Å². The van der Waals surface area contributed by atoms with Crippen molar-refractivity contribution in [2.45, 2.75) is 33.2 Å². The van der Waals surface area contributed by atoms with Crippen molar-refractivity contribution >= 4 is 17.5 Å².